The van der Waals surface area contributed by atoms with Crippen LogP contribution in [0.5, 0.6) is 5.75 Å². The predicted molar refractivity (Wildman–Crippen MR) is 76.0 cm³/mol. The van der Waals surface area contributed by atoms with Crippen LogP contribution < -0.4 is 10.1 Å². The zero-order valence-corrected chi connectivity index (χ0v) is 12.3. The van der Waals surface area contributed by atoms with Gasteiger partial charge in [0.2, 0.25) is 0 Å². The normalized spacial score (nSPS) is 10.2. The summed E-state index contributed by atoms with van der Waals surface area (Å²) >= 11 is 15.3. The molecule has 2 rings (SSSR count). The largest absolute Gasteiger partial charge is 0.497 e. The maximum absolute atomic E-state index is 6.09. The molecular weight excluding hydrogens is 341 g/mol. The number of benzene rings is 1. The van der Waals surface area contributed by atoms with Crippen molar-refractivity contribution in [1.82, 2.24) is 9.97 Å². The van der Waals surface area contributed by atoms with Crippen LogP contribution in [0, 0.1) is 0 Å². The van der Waals surface area contributed by atoms with Crippen molar-refractivity contribution in [1.29, 1.82) is 0 Å². The molecule has 1 aromatic heterocycles. The van der Waals surface area contributed by atoms with Crippen LogP contribution in [-0.2, 0) is 0 Å². The molecule has 18 heavy (non-hydrogen) atoms. The Bertz CT molecular complexity index is 580. The zero-order chi connectivity index (χ0) is 13.1. The van der Waals surface area contributed by atoms with Gasteiger partial charge in [0.05, 0.1) is 22.3 Å². The van der Waals surface area contributed by atoms with E-state index in [0.29, 0.717) is 31.9 Å². The lowest BCUT2D eigenvalue weighted by molar-refractivity contribution is 0.415. The highest BCUT2D eigenvalue weighted by Crippen LogP contribution is 2.33. The lowest BCUT2D eigenvalue weighted by Crippen LogP contribution is -1.97. The molecule has 1 heterocycles. The molecule has 0 radical (unpaired) electrons. The lowest BCUT2D eigenvalue weighted by atomic mass is 10.3. The van der Waals surface area contributed by atoms with Crippen molar-refractivity contribution >= 4 is 50.6 Å². The Labute approximate surface area is 122 Å². The Morgan fingerprint density at radius 3 is 2.78 bits per heavy atom. The van der Waals surface area contributed by atoms with Crippen LogP contribution in [0.3, 0.4) is 0 Å². The molecule has 1 N–H and O–H groups in total. The molecule has 0 saturated heterocycles. The summed E-state index contributed by atoms with van der Waals surface area (Å²) in [6.45, 7) is 0. The fourth-order valence-corrected chi connectivity index (χ4v) is 1.89. The standard InChI is InChI=1S/C11H8BrCl2N3O/c1-18-6-2-3-7(13)8(4-6)17-11-9(12)10(14)15-5-16-11/h2-5H,1H3,(H,15,16,17). The average Bonchev–Trinajstić information content (AvgIpc) is 2.37. The van der Waals surface area contributed by atoms with E-state index in [-0.39, 0.29) is 0 Å². The highest BCUT2D eigenvalue weighted by Gasteiger charge is 2.09. The monoisotopic (exact) mass is 347 g/mol. The Balaban J connectivity index is 2.36. The molecule has 0 atom stereocenters. The van der Waals surface area contributed by atoms with Gasteiger partial charge in [0.1, 0.15) is 23.0 Å². The summed E-state index contributed by atoms with van der Waals surface area (Å²) in [7, 11) is 1.59. The van der Waals surface area contributed by atoms with E-state index in [9.17, 15) is 0 Å². The number of methoxy groups -OCH3 is 1. The smallest absolute Gasteiger partial charge is 0.149 e. The van der Waals surface area contributed by atoms with Crippen molar-refractivity contribution in [3.63, 3.8) is 0 Å². The average molecular weight is 349 g/mol. The number of rotatable bonds is 3. The molecule has 7 heteroatoms. The number of hydrogen-bond acceptors (Lipinski definition) is 4. The van der Waals surface area contributed by atoms with Crippen molar-refractivity contribution in [3.05, 3.63) is 39.2 Å². The summed E-state index contributed by atoms with van der Waals surface area (Å²) in [6.07, 6.45) is 1.36. The Hall–Kier alpha value is -1.04. The Morgan fingerprint density at radius 2 is 2.06 bits per heavy atom. The Morgan fingerprint density at radius 1 is 1.28 bits per heavy atom. The van der Waals surface area contributed by atoms with E-state index >= 15 is 0 Å². The molecule has 0 aliphatic carbocycles. The molecule has 0 unspecified atom stereocenters. The number of aromatic nitrogens is 2. The highest BCUT2D eigenvalue weighted by molar-refractivity contribution is 9.10. The van der Waals surface area contributed by atoms with Crippen molar-refractivity contribution < 1.29 is 4.74 Å². The molecule has 94 valence electrons. The number of halogens is 3. The molecule has 0 bridgehead atoms. The molecule has 1 aromatic carbocycles. The molecule has 0 fully saturated rings. The van der Waals surface area contributed by atoms with Crippen LogP contribution >= 0.6 is 39.1 Å². The van der Waals surface area contributed by atoms with Gasteiger partial charge in [-0.3, -0.25) is 0 Å². The minimum Gasteiger partial charge on any atom is -0.497 e. The zero-order valence-electron chi connectivity index (χ0n) is 9.25. The van der Waals surface area contributed by atoms with Gasteiger partial charge in [0.25, 0.3) is 0 Å². The first kappa shape index (κ1) is 13.4. The fraction of sp³-hybridized carbons (Fsp3) is 0.0909. The third-order valence-corrected chi connectivity index (χ3v) is 3.77. The second-order valence-corrected chi connectivity index (χ2v) is 4.86. The second kappa shape index (κ2) is 5.73. The number of nitrogens with zero attached hydrogens (tertiary/aromatic N) is 2. The molecule has 0 aliphatic rings. The van der Waals surface area contributed by atoms with Crippen molar-refractivity contribution in [3.8, 4) is 5.75 Å². The van der Waals surface area contributed by atoms with Crippen LogP contribution in [0.1, 0.15) is 0 Å². The summed E-state index contributed by atoms with van der Waals surface area (Å²) in [4.78, 5) is 7.92. The van der Waals surface area contributed by atoms with Crippen LogP contribution in [0.4, 0.5) is 11.5 Å². The number of ether oxygens (including phenoxy) is 1. The summed E-state index contributed by atoms with van der Waals surface area (Å²) in [5.41, 5.74) is 0.673. The van der Waals surface area contributed by atoms with Crippen LogP contribution in [0.25, 0.3) is 0 Å². The molecular formula is C11H8BrCl2N3O. The quantitative estimate of drug-likeness (QED) is 0.840. The number of nitrogens with one attached hydrogen (secondary N) is 1. The number of anilines is 2. The summed E-state index contributed by atoms with van der Waals surface area (Å²) in [5.74, 6) is 1.23. The SMILES string of the molecule is COc1ccc(Cl)c(Nc2ncnc(Cl)c2Br)c1. The van der Waals surface area contributed by atoms with Gasteiger partial charge in [-0.2, -0.15) is 0 Å². The van der Waals surface area contributed by atoms with Crippen molar-refractivity contribution in [2.75, 3.05) is 12.4 Å². The molecule has 0 spiro atoms. The third kappa shape index (κ3) is 2.85. The molecule has 0 amide bonds. The van der Waals surface area contributed by atoms with Crippen molar-refractivity contribution in [2.45, 2.75) is 0 Å². The van der Waals surface area contributed by atoms with Crippen molar-refractivity contribution in [2.24, 2.45) is 0 Å². The van der Waals surface area contributed by atoms with E-state index < -0.39 is 0 Å². The summed E-state index contributed by atoms with van der Waals surface area (Å²) < 4.78 is 5.71. The first-order valence-electron chi connectivity index (χ1n) is 4.88. The topological polar surface area (TPSA) is 47.0 Å². The highest BCUT2D eigenvalue weighted by atomic mass is 79.9. The second-order valence-electron chi connectivity index (χ2n) is 3.30. The minimum absolute atomic E-state index is 0.325. The van der Waals surface area contributed by atoms with Gasteiger partial charge in [-0.1, -0.05) is 23.2 Å². The van der Waals surface area contributed by atoms with Gasteiger partial charge < -0.3 is 10.1 Å². The van der Waals surface area contributed by atoms with Gasteiger partial charge in [-0.15, -0.1) is 0 Å². The maximum atomic E-state index is 6.09. The van der Waals surface area contributed by atoms with Crippen LogP contribution in [0.15, 0.2) is 29.0 Å². The lowest BCUT2D eigenvalue weighted by Gasteiger charge is -2.10. The van der Waals surface area contributed by atoms with Gasteiger partial charge in [0.15, 0.2) is 0 Å². The fourth-order valence-electron chi connectivity index (χ4n) is 1.29. The van der Waals surface area contributed by atoms with Crippen LogP contribution in [-0.4, -0.2) is 17.1 Å². The van der Waals surface area contributed by atoms with Gasteiger partial charge in [-0.05, 0) is 28.1 Å². The first-order valence-corrected chi connectivity index (χ1v) is 6.43. The maximum Gasteiger partial charge on any atom is 0.149 e. The summed E-state index contributed by atoms with van der Waals surface area (Å²) in [5, 5.41) is 3.94. The molecule has 2 aromatic rings. The third-order valence-electron chi connectivity index (χ3n) is 2.17. The van der Waals surface area contributed by atoms with E-state index in [1.165, 1.54) is 6.33 Å². The molecule has 0 aliphatic heterocycles. The van der Waals surface area contributed by atoms with E-state index in [1.807, 2.05) is 0 Å². The van der Waals surface area contributed by atoms with E-state index in [2.05, 4.69) is 31.2 Å². The first-order chi connectivity index (χ1) is 8.61. The van der Waals surface area contributed by atoms with Gasteiger partial charge in [0, 0.05) is 6.07 Å². The van der Waals surface area contributed by atoms with Crippen LogP contribution in [0.2, 0.25) is 10.2 Å². The molecule has 4 nitrogen and oxygen atoms in total. The number of hydrogen-bond donors (Lipinski definition) is 1. The van der Waals surface area contributed by atoms with E-state index in [4.69, 9.17) is 27.9 Å². The van der Waals surface area contributed by atoms with E-state index in [0.717, 1.165) is 0 Å². The van der Waals surface area contributed by atoms with E-state index in [1.54, 1.807) is 25.3 Å². The minimum atomic E-state index is 0.325. The van der Waals surface area contributed by atoms with Gasteiger partial charge >= 0.3 is 0 Å². The predicted octanol–water partition coefficient (Wildman–Crippen LogP) is 4.30. The molecule has 0 saturated carbocycles. The van der Waals surface area contributed by atoms with Gasteiger partial charge in [-0.25, -0.2) is 9.97 Å². The Kier molecular flexibility index (Phi) is 4.27. The summed E-state index contributed by atoms with van der Waals surface area (Å²) in [6, 6.07) is 5.28.